The summed E-state index contributed by atoms with van der Waals surface area (Å²) in [5.74, 6) is 0.630. The summed E-state index contributed by atoms with van der Waals surface area (Å²) in [6, 6.07) is 17.6. The number of fused-ring (bicyclic) bond motifs is 2. The molecule has 0 saturated carbocycles. The number of carbonyl (C=O) groups excluding carboxylic acids is 1. The Bertz CT molecular complexity index is 937. The number of ether oxygens (including phenoxy) is 1. The van der Waals surface area contributed by atoms with Crippen LogP contribution in [0.1, 0.15) is 5.56 Å². The number of hydrogen-bond donors (Lipinski definition) is 0. The third-order valence-electron chi connectivity index (χ3n) is 3.75. The van der Waals surface area contributed by atoms with Gasteiger partial charge in [0.05, 0.1) is 10.9 Å². The van der Waals surface area contributed by atoms with E-state index in [-0.39, 0.29) is 5.78 Å². The van der Waals surface area contributed by atoms with Gasteiger partial charge in [-0.1, -0.05) is 48.5 Å². The number of rotatable bonds is 3. The maximum absolute atomic E-state index is 12.2. The molecular formula is C19H13NO2. The lowest BCUT2D eigenvalue weighted by atomic mass is 10.0. The van der Waals surface area contributed by atoms with Crippen LogP contribution in [0.4, 0.5) is 0 Å². The van der Waals surface area contributed by atoms with Gasteiger partial charge in [-0.25, -0.2) is 4.99 Å². The fraction of sp³-hybridized carbons (Fsp3) is 0.0526. The van der Waals surface area contributed by atoms with Crippen LogP contribution in [-0.4, -0.2) is 5.78 Å². The van der Waals surface area contributed by atoms with Crippen molar-refractivity contribution in [3.05, 3.63) is 94.3 Å². The monoisotopic (exact) mass is 287 g/mol. The van der Waals surface area contributed by atoms with Crippen molar-refractivity contribution in [2.24, 2.45) is 4.99 Å². The van der Waals surface area contributed by atoms with Gasteiger partial charge in [0.15, 0.2) is 5.78 Å². The summed E-state index contributed by atoms with van der Waals surface area (Å²) in [6.07, 6.45) is 3.26. The Morgan fingerprint density at radius 2 is 1.68 bits per heavy atom. The van der Waals surface area contributed by atoms with Gasteiger partial charge < -0.3 is 4.74 Å². The lowest BCUT2D eigenvalue weighted by Crippen LogP contribution is -2.24. The minimum absolute atomic E-state index is 0.0178. The van der Waals surface area contributed by atoms with Gasteiger partial charge in [0.1, 0.15) is 18.1 Å². The standard InChI is InChI=1S/C19H13NO2/c21-16-10-11-17(22-12-13-6-2-1-3-7-13)19-18(16)14-8-4-5-9-15(14)20-19/h1-11H,12H2. The van der Waals surface area contributed by atoms with E-state index >= 15 is 0 Å². The number of hydrogen-bond acceptors (Lipinski definition) is 3. The molecule has 0 atom stereocenters. The van der Waals surface area contributed by atoms with E-state index in [0.717, 1.165) is 16.1 Å². The number of ketones is 1. The molecule has 0 unspecified atom stereocenters. The van der Waals surface area contributed by atoms with Crippen molar-refractivity contribution in [3.8, 4) is 0 Å². The smallest absolute Gasteiger partial charge is 0.188 e. The third-order valence-corrected chi connectivity index (χ3v) is 3.75. The van der Waals surface area contributed by atoms with E-state index < -0.39 is 0 Å². The van der Waals surface area contributed by atoms with Gasteiger partial charge in [-0.3, -0.25) is 4.79 Å². The maximum atomic E-state index is 12.2. The Labute approximate surface area is 127 Å². The maximum Gasteiger partial charge on any atom is 0.188 e. The van der Waals surface area contributed by atoms with E-state index in [1.54, 1.807) is 12.2 Å². The van der Waals surface area contributed by atoms with Crippen LogP contribution < -0.4 is 10.6 Å². The van der Waals surface area contributed by atoms with Crippen molar-refractivity contribution in [1.29, 1.82) is 0 Å². The van der Waals surface area contributed by atoms with Crippen molar-refractivity contribution < 1.29 is 9.53 Å². The largest absolute Gasteiger partial charge is 0.487 e. The van der Waals surface area contributed by atoms with Crippen LogP contribution in [0.2, 0.25) is 0 Å². The molecule has 0 N–H and O–H groups in total. The molecule has 2 aliphatic rings. The fourth-order valence-electron chi connectivity index (χ4n) is 2.68. The van der Waals surface area contributed by atoms with Crippen molar-refractivity contribution in [2.45, 2.75) is 6.61 Å². The summed E-state index contributed by atoms with van der Waals surface area (Å²) in [6.45, 7) is 0.456. The predicted octanol–water partition coefficient (Wildman–Crippen LogP) is 2.04. The van der Waals surface area contributed by atoms with Gasteiger partial charge in [0.2, 0.25) is 0 Å². The van der Waals surface area contributed by atoms with Crippen LogP contribution in [0.25, 0.3) is 5.57 Å². The molecule has 0 radical (unpaired) electrons. The minimum atomic E-state index is -0.0178. The SMILES string of the molecule is O=C1C=CC(OCc2ccccc2)=C2N=c3ccccc3=C12. The zero-order valence-electron chi connectivity index (χ0n) is 11.8. The molecular weight excluding hydrogens is 274 g/mol. The van der Waals surface area contributed by atoms with Crippen molar-refractivity contribution in [2.75, 3.05) is 0 Å². The molecule has 0 amide bonds. The highest BCUT2D eigenvalue weighted by Crippen LogP contribution is 2.26. The molecule has 0 fully saturated rings. The molecule has 0 saturated heterocycles. The number of benzene rings is 2. The summed E-state index contributed by atoms with van der Waals surface area (Å²) in [5, 5.41) is 1.71. The summed E-state index contributed by atoms with van der Waals surface area (Å²) < 4.78 is 5.89. The van der Waals surface area contributed by atoms with Crippen molar-refractivity contribution in [3.63, 3.8) is 0 Å². The molecule has 22 heavy (non-hydrogen) atoms. The van der Waals surface area contributed by atoms with Crippen LogP contribution in [0.3, 0.4) is 0 Å². The second kappa shape index (κ2) is 5.11. The summed E-state index contributed by atoms with van der Waals surface area (Å²) in [7, 11) is 0. The Morgan fingerprint density at radius 1 is 0.909 bits per heavy atom. The fourth-order valence-corrected chi connectivity index (χ4v) is 2.68. The number of carbonyl (C=O) groups is 1. The molecule has 0 spiro atoms. The van der Waals surface area contributed by atoms with Crippen LogP contribution in [-0.2, 0) is 16.1 Å². The van der Waals surface area contributed by atoms with E-state index in [0.29, 0.717) is 23.6 Å². The Morgan fingerprint density at radius 3 is 2.55 bits per heavy atom. The molecule has 106 valence electrons. The Hall–Kier alpha value is -2.94. The molecule has 0 aromatic heterocycles. The molecule has 2 aromatic rings. The highest BCUT2D eigenvalue weighted by molar-refractivity contribution is 6.27. The van der Waals surface area contributed by atoms with Gasteiger partial charge >= 0.3 is 0 Å². The second-order valence-electron chi connectivity index (χ2n) is 5.19. The Balaban J connectivity index is 1.75. The Kier molecular flexibility index (Phi) is 2.97. The lowest BCUT2D eigenvalue weighted by molar-refractivity contribution is -0.109. The molecule has 3 heteroatoms. The van der Waals surface area contributed by atoms with E-state index in [9.17, 15) is 4.79 Å². The summed E-state index contributed by atoms with van der Waals surface area (Å²) in [4.78, 5) is 16.7. The van der Waals surface area contributed by atoms with Crippen molar-refractivity contribution >= 4 is 11.4 Å². The molecule has 4 rings (SSSR count). The highest BCUT2D eigenvalue weighted by Gasteiger charge is 2.25. The zero-order valence-corrected chi connectivity index (χ0v) is 11.8. The molecule has 1 heterocycles. The average molecular weight is 287 g/mol. The first-order chi connectivity index (χ1) is 10.8. The van der Waals surface area contributed by atoms with Gasteiger partial charge in [-0.15, -0.1) is 0 Å². The molecule has 1 aliphatic carbocycles. The number of para-hydroxylation sites is 1. The van der Waals surface area contributed by atoms with E-state index in [4.69, 9.17) is 4.74 Å². The molecule has 1 aliphatic heterocycles. The topological polar surface area (TPSA) is 38.7 Å². The lowest BCUT2D eigenvalue weighted by Gasteiger charge is -2.13. The minimum Gasteiger partial charge on any atom is -0.487 e. The molecule has 2 aromatic carbocycles. The second-order valence-corrected chi connectivity index (χ2v) is 5.19. The summed E-state index contributed by atoms with van der Waals surface area (Å²) >= 11 is 0. The van der Waals surface area contributed by atoms with Crippen LogP contribution >= 0.6 is 0 Å². The molecule has 3 nitrogen and oxygen atoms in total. The quantitative estimate of drug-likeness (QED) is 0.866. The number of nitrogens with zero attached hydrogens (tertiary/aromatic N) is 1. The first-order valence-corrected chi connectivity index (χ1v) is 7.15. The van der Waals surface area contributed by atoms with Gasteiger partial charge in [-0.2, -0.15) is 0 Å². The number of allylic oxidation sites excluding steroid dienone is 3. The van der Waals surface area contributed by atoms with Crippen LogP contribution in [0.15, 0.2) is 83.2 Å². The van der Waals surface area contributed by atoms with Crippen molar-refractivity contribution in [1.82, 2.24) is 0 Å². The van der Waals surface area contributed by atoms with E-state index in [1.807, 2.05) is 54.6 Å². The third kappa shape index (κ3) is 2.07. The molecule has 0 bridgehead atoms. The first-order valence-electron chi connectivity index (χ1n) is 7.15. The van der Waals surface area contributed by atoms with Gasteiger partial charge in [0, 0.05) is 5.22 Å². The van der Waals surface area contributed by atoms with Gasteiger partial charge in [-0.05, 0) is 23.8 Å². The predicted molar refractivity (Wildman–Crippen MR) is 83.0 cm³/mol. The summed E-state index contributed by atoms with van der Waals surface area (Å²) in [5.41, 5.74) is 2.36. The van der Waals surface area contributed by atoms with Gasteiger partial charge in [0.25, 0.3) is 0 Å². The zero-order chi connectivity index (χ0) is 14.9. The first kappa shape index (κ1) is 12.8. The van der Waals surface area contributed by atoms with E-state index in [1.165, 1.54) is 0 Å². The van der Waals surface area contributed by atoms with Crippen LogP contribution in [0, 0.1) is 0 Å². The van der Waals surface area contributed by atoms with E-state index in [2.05, 4.69) is 4.99 Å². The normalized spacial score (nSPS) is 15.5. The highest BCUT2D eigenvalue weighted by atomic mass is 16.5. The average Bonchev–Trinajstić information content (AvgIpc) is 2.96. The van der Waals surface area contributed by atoms with Crippen LogP contribution in [0.5, 0.6) is 0 Å².